The van der Waals surface area contributed by atoms with Crippen LogP contribution < -0.4 is 5.32 Å². The molecular formula is C13H21NOS. The van der Waals surface area contributed by atoms with E-state index >= 15 is 0 Å². The fourth-order valence-electron chi connectivity index (χ4n) is 1.48. The Kier molecular flexibility index (Phi) is 6.53. The highest BCUT2D eigenvalue weighted by Gasteiger charge is 2.03. The number of thioether (sulfide) groups is 1. The number of benzene rings is 1. The van der Waals surface area contributed by atoms with E-state index in [0.29, 0.717) is 6.54 Å². The maximum atomic E-state index is 9.63. The van der Waals surface area contributed by atoms with Gasteiger partial charge in [0.05, 0.1) is 6.10 Å². The van der Waals surface area contributed by atoms with E-state index in [0.717, 1.165) is 18.1 Å². The second-order valence-electron chi connectivity index (χ2n) is 3.97. The Hall–Kier alpha value is -0.510. The van der Waals surface area contributed by atoms with Gasteiger partial charge >= 0.3 is 0 Å². The molecule has 0 aliphatic heterocycles. The van der Waals surface area contributed by atoms with E-state index in [2.05, 4.69) is 36.5 Å². The van der Waals surface area contributed by atoms with Crippen molar-refractivity contribution in [3.63, 3.8) is 0 Å². The van der Waals surface area contributed by atoms with Crippen LogP contribution in [0.15, 0.2) is 24.3 Å². The summed E-state index contributed by atoms with van der Waals surface area (Å²) in [5, 5.41) is 12.8. The zero-order chi connectivity index (χ0) is 11.8. The van der Waals surface area contributed by atoms with Crippen LogP contribution in [0.2, 0.25) is 0 Å². The Morgan fingerprint density at radius 2 is 2.25 bits per heavy atom. The van der Waals surface area contributed by atoms with Crippen molar-refractivity contribution < 1.29 is 5.11 Å². The Morgan fingerprint density at radius 1 is 1.44 bits per heavy atom. The van der Waals surface area contributed by atoms with Crippen LogP contribution in [0.1, 0.15) is 18.1 Å². The third kappa shape index (κ3) is 5.54. The molecule has 1 atom stereocenters. The Balaban J connectivity index is 2.20. The van der Waals surface area contributed by atoms with E-state index in [4.69, 9.17) is 0 Å². The number of aryl methyl sites for hydroxylation is 1. The molecule has 0 aliphatic carbocycles. The molecule has 0 spiro atoms. The lowest BCUT2D eigenvalue weighted by atomic mass is 10.2. The van der Waals surface area contributed by atoms with Gasteiger partial charge in [-0.05, 0) is 19.0 Å². The number of hydrogen-bond donors (Lipinski definition) is 2. The van der Waals surface area contributed by atoms with Gasteiger partial charge < -0.3 is 10.4 Å². The van der Waals surface area contributed by atoms with Gasteiger partial charge in [0.2, 0.25) is 0 Å². The summed E-state index contributed by atoms with van der Waals surface area (Å²) in [7, 11) is 0. The van der Waals surface area contributed by atoms with Gasteiger partial charge in [0.25, 0.3) is 0 Å². The minimum Gasteiger partial charge on any atom is -0.391 e. The third-order valence-electron chi connectivity index (χ3n) is 2.29. The predicted molar refractivity (Wildman–Crippen MR) is 71.9 cm³/mol. The van der Waals surface area contributed by atoms with Crippen molar-refractivity contribution in [3.05, 3.63) is 35.4 Å². The summed E-state index contributed by atoms with van der Waals surface area (Å²) < 4.78 is 0. The lowest BCUT2D eigenvalue weighted by Gasteiger charge is -2.10. The summed E-state index contributed by atoms with van der Waals surface area (Å²) in [6.07, 6.45) is -0.241. The zero-order valence-electron chi connectivity index (χ0n) is 10.1. The van der Waals surface area contributed by atoms with Crippen LogP contribution in [0.25, 0.3) is 0 Å². The lowest BCUT2D eigenvalue weighted by molar-refractivity contribution is 0.197. The highest BCUT2D eigenvalue weighted by Crippen LogP contribution is 2.14. The molecule has 0 amide bonds. The second kappa shape index (κ2) is 7.71. The zero-order valence-corrected chi connectivity index (χ0v) is 10.9. The second-order valence-corrected chi connectivity index (χ2v) is 5.00. The average molecular weight is 239 g/mol. The van der Waals surface area contributed by atoms with Crippen LogP contribution in [0.4, 0.5) is 0 Å². The number of likely N-dealkylation sites (N-methyl/N-ethyl adjacent to an activating group) is 1. The summed E-state index contributed by atoms with van der Waals surface area (Å²) in [6.45, 7) is 5.76. The van der Waals surface area contributed by atoms with Crippen molar-refractivity contribution in [2.75, 3.05) is 18.8 Å². The van der Waals surface area contributed by atoms with Gasteiger partial charge in [-0.1, -0.05) is 36.8 Å². The monoisotopic (exact) mass is 239 g/mol. The number of aliphatic hydroxyl groups is 1. The fourth-order valence-corrected chi connectivity index (χ4v) is 2.41. The Labute approximate surface area is 102 Å². The summed E-state index contributed by atoms with van der Waals surface area (Å²) in [5.41, 5.74) is 2.63. The maximum Gasteiger partial charge on any atom is 0.0754 e. The molecule has 0 radical (unpaired) electrons. The minimum atomic E-state index is -0.241. The van der Waals surface area contributed by atoms with E-state index in [1.807, 2.05) is 6.92 Å². The van der Waals surface area contributed by atoms with Crippen molar-refractivity contribution >= 4 is 11.8 Å². The van der Waals surface area contributed by atoms with Crippen molar-refractivity contribution in [2.24, 2.45) is 0 Å². The first-order chi connectivity index (χ1) is 7.72. The predicted octanol–water partition coefficient (Wildman–Crippen LogP) is 2.20. The summed E-state index contributed by atoms with van der Waals surface area (Å²) in [6, 6.07) is 8.52. The first-order valence-electron chi connectivity index (χ1n) is 5.74. The van der Waals surface area contributed by atoms with Gasteiger partial charge in [-0.15, -0.1) is 0 Å². The molecule has 0 bridgehead atoms. The molecule has 3 heteroatoms. The normalized spacial score (nSPS) is 12.7. The molecule has 0 heterocycles. The van der Waals surface area contributed by atoms with Crippen LogP contribution in [0.5, 0.6) is 0 Å². The van der Waals surface area contributed by atoms with Crippen molar-refractivity contribution in [1.82, 2.24) is 5.32 Å². The van der Waals surface area contributed by atoms with Crippen LogP contribution in [-0.4, -0.2) is 30.1 Å². The molecule has 1 aromatic rings. The Bertz CT molecular complexity index is 304. The van der Waals surface area contributed by atoms with Crippen LogP contribution in [0, 0.1) is 6.92 Å². The molecule has 0 aromatic heterocycles. The number of hydrogen-bond acceptors (Lipinski definition) is 3. The highest BCUT2D eigenvalue weighted by molar-refractivity contribution is 7.98. The summed E-state index contributed by atoms with van der Waals surface area (Å²) in [5.74, 6) is 1.77. The molecule has 0 fully saturated rings. The highest BCUT2D eigenvalue weighted by atomic mass is 32.2. The van der Waals surface area contributed by atoms with E-state index in [-0.39, 0.29) is 6.10 Å². The minimum absolute atomic E-state index is 0.241. The Morgan fingerprint density at radius 3 is 2.94 bits per heavy atom. The van der Waals surface area contributed by atoms with E-state index in [9.17, 15) is 5.11 Å². The number of aliphatic hydroxyl groups excluding tert-OH is 1. The molecular weight excluding hydrogens is 218 g/mol. The largest absolute Gasteiger partial charge is 0.391 e. The summed E-state index contributed by atoms with van der Waals surface area (Å²) >= 11 is 1.78. The average Bonchev–Trinajstić information content (AvgIpc) is 2.26. The standard InChI is InChI=1S/C13H21NOS/c1-3-14-8-13(15)10-16-9-12-6-4-5-11(2)7-12/h4-7,13-15H,3,8-10H2,1-2H3. The van der Waals surface area contributed by atoms with Gasteiger partial charge in [0, 0.05) is 18.1 Å². The molecule has 90 valence electrons. The maximum absolute atomic E-state index is 9.63. The molecule has 0 saturated carbocycles. The first-order valence-corrected chi connectivity index (χ1v) is 6.90. The molecule has 0 saturated heterocycles. The lowest BCUT2D eigenvalue weighted by Crippen LogP contribution is -2.28. The van der Waals surface area contributed by atoms with Crippen molar-refractivity contribution in [1.29, 1.82) is 0 Å². The smallest absolute Gasteiger partial charge is 0.0754 e. The fraction of sp³-hybridized carbons (Fsp3) is 0.538. The summed E-state index contributed by atoms with van der Waals surface area (Å²) in [4.78, 5) is 0. The first kappa shape index (κ1) is 13.6. The third-order valence-corrected chi connectivity index (χ3v) is 3.45. The molecule has 2 N–H and O–H groups in total. The van der Waals surface area contributed by atoms with Crippen LogP contribution >= 0.6 is 11.8 Å². The van der Waals surface area contributed by atoms with Gasteiger partial charge in [-0.3, -0.25) is 0 Å². The van der Waals surface area contributed by atoms with E-state index in [1.54, 1.807) is 11.8 Å². The van der Waals surface area contributed by atoms with Gasteiger partial charge in [0.1, 0.15) is 0 Å². The molecule has 0 aliphatic rings. The van der Waals surface area contributed by atoms with Crippen LogP contribution in [0.3, 0.4) is 0 Å². The quantitative estimate of drug-likeness (QED) is 0.765. The van der Waals surface area contributed by atoms with Gasteiger partial charge in [-0.2, -0.15) is 11.8 Å². The van der Waals surface area contributed by atoms with E-state index < -0.39 is 0 Å². The molecule has 1 rings (SSSR count). The van der Waals surface area contributed by atoms with Gasteiger partial charge in [0.15, 0.2) is 0 Å². The number of nitrogens with one attached hydrogen (secondary N) is 1. The van der Waals surface area contributed by atoms with E-state index in [1.165, 1.54) is 11.1 Å². The van der Waals surface area contributed by atoms with Crippen molar-refractivity contribution in [2.45, 2.75) is 25.7 Å². The molecule has 1 unspecified atom stereocenters. The van der Waals surface area contributed by atoms with Crippen LogP contribution in [-0.2, 0) is 5.75 Å². The topological polar surface area (TPSA) is 32.3 Å². The SMILES string of the molecule is CCNCC(O)CSCc1cccc(C)c1. The molecule has 2 nitrogen and oxygen atoms in total. The molecule has 16 heavy (non-hydrogen) atoms. The number of rotatable bonds is 7. The van der Waals surface area contributed by atoms with Gasteiger partial charge in [-0.25, -0.2) is 0 Å². The van der Waals surface area contributed by atoms with Crippen molar-refractivity contribution in [3.8, 4) is 0 Å². The molecule has 1 aromatic carbocycles.